The van der Waals surface area contributed by atoms with Gasteiger partial charge in [0.1, 0.15) is 17.4 Å². The third-order valence-electron chi connectivity index (χ3n) is 2.04. The summed E-state index contributed by atoms with van der Waals surface area (Å²) in [5.41, 5.74) is 1.06. The molecule has 0 aliphatic carbocycles. The number of hydrogen-bond donors (Lipinski definition) is 1. The molecule has 0 fully saturated rings. The number of nitrogens with one attached hydrogen (secondary N) is 1. The third kappa shape index (κ3) is 2.34. The molecule has 1 N–H and O–H groups in total. The lowest BCUT2D eigenvalue weighted by Crippen LogP contribution is -2.32. The number of hydrogen-bond acceptors (Lipinski definition) is 4. The summed E-state index contributed by atoms with van der Waals surface area (Å²) in [4.78, 5) is 11.7. The predicted molar refractivity (Wildman–Crippen MR) is 53.2 cm³/mol. The minimum atomic E-state index is -0.517. The van der Waals surface area contributed by atoms with Gasteiger partial charge in [-0.05, 0) is 20.3 Å². The summed E-state index contributed by atoms with van der Waals surface area (Å²) in [6.45, 7) is 5.19. The fourth-order valence-corrected chi connectivity index (χ4v) is 1.25. The number of carbonyl (C=O) groups excluding carboxylic acids is 1. The molecule has 5 nitrogen and oxygen atoms in total. The van der Waals surface area contributed by atoms with E-state index in [4.69, 9.17) is 9.78 Å². The lowest BCUT2D eigenvalue weighted by atomic mass is 10.1. The number of aryl methyl sites for hydroxylation is 2. The van der Waals surface area contributed by atoms with Gasteiger partial charge >= 0.3 is 0 Å². The number of nitriles is 1. The van der Waals surface area contributed by atoms with Crippen molar-refractivity contribution in [2.45, 2.75) is 33.2 Å². The van der Waals surface area contributed by atoms with Crippen LogP contribution in [0.1, 0.15) is 35.7 Å². The average Bonchev–Trinajstić information content (AvgIpc) is 2.59. The fourth-order valence-electron chi connectivity index (χ4n) is 1.25. The molecule has 1 aromatic heterocycles. The lowest BCUT2D eigenvalue weighted by molar-refractivity contribution is 0.0945. The molecule has 5 heteroatoms. The molecule has 0 bridgehead atoms. The van der Waals surface area contributed by atoms with Crippen molar-refractivity contribution in [2.75, 3.05) is 0 Å². The van der Waals surface area contributed by atoms with Gasteiger partial charge in [0.25, 0.3) is 5.91 Å². The van der Waals surface area contributed by atoms with Crippen molar-refractivity contribution in [3.05, 3.63) is 17.0 Å². The zero-order valence-corrected chi connectivity index (χ0v) is 9.00. The Morgan fingerprint density at radius 1 is 1.73 bits per heavy atom. The Kier molecular flexibility index (Phi) is 3.45. The van der Waals surface area contributed by atoms with Crippen LogP contribution in [-0.4, -0.2) is 17.1 Å². The van der Waals surface area contributed by atoms with Crippen LogP contribution in [0.3, 0.4) is 0 Å². The van der Waals surface area contributed by atoms with E-state index >= 15 is 0 Å². The molecule has 1 aromatic rings. The Bertz CT molecular complexity index is 403. The molecule has 0 saturated heterocycles. The summed E-state index contributed by atoms with van der Waals surface area (Å²) < 4.78 is 4.93. The van der Waals surface area contributed by atoms with E-state index in [0.717, 1.165) is 0 Å². The second kappa shape index (κ2) is 4.60. The van der Waals surface area contributed by atoms with Crippen molar-refractivity contribution in [1.29, 1.82) is 5.26 Å². The first-order chi connectivity index (χ1) is 7.10. The molecular formula is C10H13N3O2. The molecule has 0 unspecified atom stereocenters. The van der Waals surface area contributed by atoms with Crippen LogP contribution in [0.15, 0.2) is 4.52 Å². The maximum absolute atomic E-state index is 11.7. The number of carbonyl (C=O) groups is 1. The van der Waals surface area contributed by atoms with Gasteiger partial charge in [-0.25, -0.2) is 0 Å². The van der Waals surface area contributed by atoms with E-state index in [1.54, 1.807) is 13.8 Å². The molecule has 1 heterocycles. The van der Waals surface area contributed by atoms with Gasteiger partial charge in [0.15, 0.2) is 0 Å². The molecule has 0 saturated carbocycles. The van der Waals surface area contributed by atoms with Gasteiger partial charge in [-0.1, -0.05) is 12.1 Å². The molecule has 80 valence electrons. The van der Waals surface area contributed by atoms with Gasteiger partial charge in [-0.3, -0.25) is 4.79 Å². The van der Waals surface area contributed by atoms with E-state index < -0.39 is 6.04 Å². The highest BCUT2D eigenvalue weighted by atomic mass is 16.5. The van der Waals surface area contributed by atoms with Crippen molar-refractivity contribution < 1.29 is 9.32 Å². The molecule has 0 radical (unpaired) electrons. The van der Waals surface area contributed by atoms with Gasteiger partial charge in [0.05, 0.1) is 11.8 Å². The molecule has 1 rings (SSSR count). The summed E-state index contributed by atoms with van der Waals surface area (Å²) in [7, 11) is 0. The van der Waals surface area contributed by atoms with Crippen LogP contribution in [0, 0.1) is 18.3 Å². The Morgan fingerprint density at radius 2 is 2.40 bits per heavy atom. The molecule has 15 heavy (non-hydrogen) atoms. The minimum absolute atomic E-state index is 0.306. The van der Waals surface area contributed by atoms with Gasteiger partial charge in [-0.15, -0.1) is 0 Å². The van der Waals surface area contributed by atoms with Crippen LogP contribution in [-0.2, 0) is 6.42 Å². The second-order valence-corrected chi connectivity index (χ2v) is 3.24. The van der Waals surface area contributed by atoms with Crippen molar-refractivity contribution >= 4 is 5.91 Å². The molecule has 1 amide bonds. The Labute approximate surface area is 88.1 Å². The quantitative estimate of drug-likeness (QED) is 0.807. The number of rotatable bonds is 3. The van der Waals surface area contributed by atoms with Crippen LogP contribution < -0.4 is 5.32 Å². The summed E-state index contributed by atoms with van der Waals surface area (Å²) >= 11 is 0. The van der Waals surface area contributed by atoms with Crippen LogP contribution in [0.4, 0.5) is 0 Å². The summed E-state index contributed by atoms with van der Waals surface area (Å²) in [5.74, 6) is 0.175. The Balaban J connectivity index is 2.91. The Hall–Kier alpha value is -1.83. The maximum atomic E-state index is 11.7. The largest absolute Gasteiger partial charge is 0.361 e. The second-order valence-electron chi connectivity index (χ2n) is 3.24. The van der Waals surface area contributed by atoms with Gasteiger partial charge in [0, 0.05) is 0 Å². The third-order valence-corrected chi connectivity index (χ3v) is 2.04. The van der Waals surface area contributed by atoms with Crippen molar-refractivity contribution in [2.24, 2.45) is 0 Å². The topological polar surface area (TPSA) is 78.9 Å². The highest BCUT2D eigenvalue weighted by Gasteiger charge is 2.19. The molecule has 1 atom stereocenters. The van der Waals surface area contributed by atoms with E-state index in [2.05, 4.69) is 10.5 Å². The summed E-state index contributed by atoms with van der Waals surface area (Å²) in [6, 6.07) is 1.41. The van der Waals surface area contributed by atoms with Crippen LogP contribution in [0.5, 0.6) is 0 Å². The van der Waals surface area contributed by atoms with Crippen LogP contribution in [0.2, 0.25) is 0 Å². The zero-order valence-electron chi connectivity index (χ0n) is 9.00. The summed E-state index contributed by atoms with van der Waals surface area (Å²) in [5, 5.41) is 14.9. The Morgan fingerprint density at radius 3 is 2.93 bits per heavy atom. The molecule has 0 aliphatic rings. The first-order valence-corrected chi connectivity index (χ1v) is 4.75. The van der Waals surface area contributed by atoms with Crippen LogP contribution in [0.25, 0.3) is 0 Å². The van der Waals surface area contributed by atoms with Crippen molar-refractivity contribution in [3.63, 3.8) is 0 Å². The summed E-state index contributed by atoms with van der Waals surface area (Å²) in [6.07, 6.45) is 0.626. The van der Waals surface area contributed by atoms with Crippen molar-refractivity contribution in [3.8, 4) is 6.07 Å². The normalized spacial score (nSPS) is 11.9. The van der Waals surface area contributed by atoms with E-state index in [1.165, 1.54) is 0 Å². The SMILES string of the molecule is CCc1noc(C)c1C(=O)N[C@H](C)C#N. The highest BCUT2D eigenvalue weighted by molar-refractivity contribution is 5.96. The molecular weight excluding hydrogens is 194 g/mol. The van der Waals surface area contributed by atoms with E-state index in [0.29, 0.717) is 23.4 Å². The average molecular weight is 207 g/mol. The maximum Gasteiger partial charge on any atom is 0.257 e. The molecule has 0 aliphatic heterocycles. The number of aromatic nitrogens is 1. The standard InChI is InChI=1S/C10H13N3O2/c1-4-8-9(7(3)15-13-8)10(14)12-6(2)5-11/h6H,4H2,1-3H3,(H,12,14)/t6-/m1/s1. The van der Waals surface area contributed by atoms with Crippen molar-refractivity contribution in [1.82, 2.24) is 10.5 Å². The highest BCUT2D eigenvalue weighted by Crippen LogP contribution is 2.13. The number of nitrogens with zero attached hydrogens (tertiary/aromatic N) is 2. The number of amides is 1. The molecule has 0 aromatic carbocycles. The van der Waals surface area contributed by atoms with Gasteiger partial charge in [0.2, 0.25) is 0 Å². The zero-order chi connectivity index (χ0) is 11.4. The lowest BCUT2D eigenvalue weighted by Gasteiger charge is -2.05. The monoisotopic (exact) mass is 207 g/mol. The van der Waals surface area contributed by atoms with Crippen LogP contribution >= 0.6 is 0 Å². The van der Waals surface area contributed by atoms with E-state index in [-0.39, 0.29) is 5.91 Å². The van der Waals surface area contributed by atoms with E-state index in [1.807, 2.05) is 13.0 Å². The van der Waals surface area contributed by atoms with Gasteiger partial charge in [-0.2, -0.15) is 5.26 Å². The van der Waals surface area contributed by atoms with Gasteiger partial charge < -0.3 is 9.84 Å². The fraction of sp³-hybridized carbons (Fsp3) is 0.500. The van der Waals surface area contributed by atoms with E-state index in [9.17, 15) is 4.79 Å². The molecule has 0 spiro atoms. The minimum Gasteiger partial charge on any atom is -0.361 e. The smallest absolute Gasteiger partial charge is 0.257 e. The first-order valence-electron chi connectivity index (χ1n) is 4.75. The predicted octanol–water partition coefficient (Wildman–Crippen LogP) is 1.19. The first kappa shape index (κ1) is 11.2.